The van der Waals surface area contributed by atoms with Crippen molar-refractivity contribution in [1.82, 2.24) is 0 Å². The predicted molar refractivity (Wildman–Crippen MR) is 90.0 cm³/mol. The van der Waals surface area contributed by atoms with E-state index >= 15 is 0 Å². The molecule has 1 aromatic rings. The lowest BCUT2D eigenvalue weighted by molar-refractivity contribution is 0.0576. The molecule has 21 heavy (non-hydrogen) atoms. The van der Waals surface area contributed by atoms with Crippen molar-refractivity contribution >= 4 is 5.69 Å². The number of anilines is 1. The highest BCUT2D eigenvalue weighted by molar-refractivity contribution is 5.50. The normalized spacial score (nSPS) is 20.3. The minimum atomic E-state index is 0.270. The molecule has 0 bridgehead atoms. The first-order valence-electron chi connectivity index (χ1n) is 8.24. The van der Waals surface area contributed by atoms with Crippen molar-refractivity contribution in [3.8, 4) is 0 Å². The second kappa shape index (κ2) is 7.81. The molecule has 1 aliphatic rings. The number of nitrogens with zero attached hydrogens (tertiary/aromatic N) is 1. The van der Waals surface area contributed by atoms with E-state index in [1.54, 1.807) is 0 Å². The summed E-state index contributed by atoms with van der Waals surface area (Å²) < 4.78 is 5.58. The highest BCUT2D eigenvalue weighted by Gasteiger charge is 2.16. The first-order valence-corrected chi connectivity index (χ1v) is 8.24. The monoisotopic (exact) mass is 290 g/mol. The average molecular weight is 290 g/mol. The minimum absolute atomic E-state index is 0.270. The zero-order valence-electron chi connectivity index (χ0n) is 13.8. The van der Waals surface area contributed by atoms with Gasteiger partial charge in [0.25, 0.3) is 0 Å². The number of rotatable bonds is 6. The standard InChI is InChI=1S/C18H30N2O/c1-4-17(19)11-16-7-8-18(10-14(16)2)20(3)12-15-6-5-9-21-13-15/h7-8,10,15,17H,4-6,9,11-13,19H2,1-3H3. The molecule has 3 heteroatoms. The van der Waals surface area contributed by atoms with Gasteiger partial charge in [0, 0.05) is 31.9 Å². The fourth-order valence-electron chi connectivity index (χ4n) is 3.02. The molecule has 2 N–H and O–H groups in total. The molecular weight excluding hydrogens is 260 g/mol. The lowest BCUT2D eigenvalue weighted by Crippen LogP contribution is -2.30. The summed E-state index contributed by atoms with van der Waals surface area (Å²) in [6.45, 7) is 7.26. The number of hydrogen-bond acceptors (Lipinski definition) is 3. The van der Waals surface area contributed by atoms with Gasteiger partial charge in [0.05, 0.1) is 6.61 Å². The molecular formula is C18H30N2O. The van der Waals surface area contributed by atoms with Crippen LogP contribution in [0.15, 0.2) is 18.2 Å². The Kier molecular flexibility index (Phi) is 6.07. The van der Waals surface area contributed by atoms with Crippen LogP contribution in [-0.4, -0.2) is 32.8 Å². The molecule has 0 aromatic heterocycles. The molecule has 1 heterocycles. The molecule has 0 amide bonds. The van der Waals surface area contributed by atoms with Crippen molar-refractivity contribution < 1.29 is 4.74 Å². The summed E-state index contributed by atoms with van der Waals surface area (Å²) in [5.41, 5.74) is 10.1. The van der Waals surface area contributed by atoms with E-state index in [-0.39, 0.29) is 6.04 Å². The van der Waals surface area contributed by atoms with Gasteiger partial charge in [-0.05, 0) is 61.8 Å². The Morgan fingerprint density at radius 2 is 2.24 bits per heavy atom. The van der Waals surface area contributed by atoms with E-state index in [1.807, 2.05) is 0 Å². The van der Waals surface area contributed by atoms with Gasteiger partial charge in [0.2, 0.25) is 0 Å². The van der Waals surface area contributed by atoms with Crippen LogP contribution >= 0.6 is 0 Å². The summed E-state index contributed by atoms with van der Waals surface area (Å²) in [6.07, 6.45) is 4.49. The first kappa shape index (κ1) is 16.3. The zero-order valence-corrected chi connectivity index (χ0v) is 13.8. The average Bonchev–Trinajstić information content (AvgIpc) is 2.50. The molecule has 0 radical (unpaired) electrons. The third-order valence-corrected chi connectivity index (χ3v) is 4.56. The molecule has 0 aliphatic carbocycles. The zero-order chi connectivity index (χ0) is 15.2. The van der Waals surface area contributed by atoms with Crippen LogP contribution in [-0.2, 0) is 11.2 Å². The van der Waals surface area contributed by atoms with Crippen LogP contribution in [0.4, 0.5) is 5.69 Å². The summed E-state index contributed by atoms with van der Waals surface area (Å²) >= 11 is 0. The van der Waals surface area contributed by atoms with Gasteiger partial charge in [0.1, 0.15) is 0 Å². The third kappa shape index (κ3) is 4.72. The Morgan fingerprint density at radius 1 is 1.43 bits per heavy atom. The van der Waals surface area contributed by atoms with E-state index in [1.165, 1.54) is 29.7 Å². The summed E-state index contributed by atoms with van der Waals surface area (Å²) in [7, 11) is 2.18. The minimum Gasteiger partial charge on any atom is -0.381 e. The summed E-state index contributed by atoms with van der Waals surface area (Å²) in [6, 6.07) is 7.04. The van der Waals surface area contributed by atoms with Crippen LogP contribution in [0.2, 0.25) is 0 Å². The number of hydrogen-bond donors (Lipinski definition) is 1. The van der Waals surface area contributed by atoms with Crippen molar-refractivity contribution in [2.45, 2.75) is 45.6 Å². The van der Waals surface area contributed by atoms with E-state index < -0.39 is 0 Å². The first-order chi connectivity index (χ1) is 10.1. The molecule has 1 aromatic carbocycles. The fraction of sp³-hybridized carbons (Fsp3) is 0.667. The van der Waals surface area contributed by atoms with E-state index in [0.29, 0.717) is 5.92 Å². The Balaban J connectivity index is 1.97. The van der Waals surface area contributed by atoms with Crippen LogP contribution in [0.3, 0.4) is 0 Å². The van der Waals surface area contributed by atoms with Crippen molar-refractivity contribution in [2.75, 3.05) is 31.7 Å². The van der Waals surface area contributed by atoms with Gasteiger partial charge in [-0.1, -0.05) is 13.0 Å². The quantitative estimate of drug-likeness (QED) is 0.875. The number of nitrogens with two attached hydrogens (primary N) is 1. The predicted octanol–water partition coefficient (Wildman–Crippen LogP) is 3.14. The van der Waals surface area contributed by atoms with Crippen molar-refractivity contribution in [3.63, 3.8) is 0 Å². The van der Waals surface area contributed by atoms with Gasteiger partial charge >= 0.3 is 0 Å². The Hall–Kier alpha value is -1.06. The van der Waals surface area contributed by atoms with E-state index in [2.05, 4.69) is 44.0 Å². The maximum Gasteiger partial charge on any atom is 0.0511 e. The smallest absolute Gasteiger partial charge is 0.0511 e. The highest BCUT2D eigenvalue weighted by atomic mass is 16.5. The SMILES string of the molecule is CCC(N)Cc1ccc(N(C)CC2CCCOC2)cc1C. The molecule has 2 unspecified atom stereocenters. The number of ether oxygens (including phenoxy) is 1. The van der Waals surface area contributed by atoms with Gasteiger partial charge in [-0.25, -0.2) is 0 Å². The topological polar surface area (TPSA) is 38.5 Å². The van der Waals surface area contributed by atoms with Crippen LogP contribution < -0.4 is 10.6 Å². The maximum absolute atomic E-state index is 6.07. The third-order valence-electron chi connectivity index (χ3n) is 4.56. The van der Waals surface area contributed by atoms with Gasteiger partial charge in [-0.2, -0.15) is 0 Å². The van der Waals surface area contributed by atoms with Gasteiger partial charge in [0.15, 0.2) is 0 Å². The molecule has 0 saturated carbocycles. The summed E-state index contributed by atoms with van der Waals surface area (Å²) in [4.78, 5) is 2.36. The second-order valence-electron chi connectivity index (χ2n) is 6.45. The second-order valence-corrected chi connectivity index (χ2v) is 6.45. The molecule has 118 valence electrons. The Morgan fingerprint density at radius 3 is 2.86 bits per heavy atom. The molecule has 1 aliphatic heterocycles. The molecule has 2 atom stereocenters. The Labute approximate surface area is 129 Å². The number of aryl methyl sites for hydroxylation is 1. The maximum atomic E-state index is 6.07. The van der Waals surface area contributed by atoms with Crippen LogP contribution in [0, 0.1) is 12.8 Å². The summed E-state index contributed by atoms with van der Waals surface area (Å²) in [5.74, 6) is 0.664. The molecule has 3 nitrogen and oxygen atoms in total. The Bertz CT molecular complexity index is 441. The van der Waals surface area contributed by atoms with E-state index in [9.17, 15) is 0 Å². The largest absolute Gasteiger partial charge is 0.381 e. The fourth-order valence-corrected chi connectivity index (χ4v) is 3.02. The van der Waals surface area contributed by atoms with Crippen molar-refractivity contribution in [1.29, 1.82) is 0 Å². The van der Waals surface area contributed by atoms with E-state index in [4.69, 9.17) is 10.5 Å². The lowest BCUT2D eigenvalue weighted by atomic mass is 9.98. The molecule has 1 fully saturated rings. The molecule has 2 rings (SSSR count). The van der Waals surface area contributed by atoms with Gasteiger partial charge in [-0.15, -0.1) is 0 Å². The number of benzene rings is 1. The highest BCUT2D eigenvalue weighted by Crippen LogP contribution is 2.22. The van der Waals surface area contributed by atoms with Gasteiger partial charge < -0.3 is 15.4 Å². The molecule has 0 spiro atoms. The van der Waals surface area contributed by atoms with Crippen LogP contribution in [0.1, 0.15) is 37.3 Å². The van der Waals surface area contributed by atoms with Crippen molar-refractivity contribution in [2.24, 2.45) is 11.7 Å². The van der Waals surface area contributed by atoms with E-state index in [0.717, 1.165) is 32.6 Å². The van der Waals surface area contributed by atoms with Crippen LogP contribution in [0.25, 0.3) is 0 Å². The molecule has 1 saturated heterocycles. The van der Waals surface area contributed by atoms with Gasteiger partial charge in [-0.3, -0.25) is 0 Å². The summed E-state index contributed by atoms with van der Waals surface area (Å²) in [5, 5.41) is 0. The van der Waals surface area contributed by atoms with Crippen molar-refractivity contribution in [3.05, 3.63) is 29.3 Å². The lowest BCUT2D eigenvalue weighted by Gasteiger charge is -2.29. The van der Waals surface area contributed by atoms with Crippen LogP contribution in [0.5, 0.6) is 0 Å².